The molecule has 3 amide bonds. The van der Waals surface area contributed by atoms with Crippen molar-refractivity contribution in [3.05, 3.63) is 48.0 Å². The van der Waals surface area contributed by atoms with Crippen LogP contribution in [0.15, 0.2) is 42.5 Å². The van der Waals surface area contributed by atoms with Crippen molar-refractivity contribution in [2.75, 3.05) is 11.5 Å². The zero-order valence-electron chi connectivity index (χ0n) is 21.5. The van der Waals surface area contributed by atoms with Crippen LogP contribution in [-0.2, 0) is 35.4 Å². The molecule has 12 heteroatoms. The molecule has 10 nitrogen and oxygen atoms in total. The van der Waals surface area contributed by atoms with Crippen molar-refractivity contribution >= 4 is 45.3 Å². The standard InChI is InChI=1S/C26H35N3O7S2/c1-16(2)24-20(30)14-23(32)36-35-22-10-6-7-11-37-38-15-19(26(34)29-24)27-25(33)18(13-21(31)28-22)12-17-8-4-3-5-9-17/h3-6,8-10,16,18-20,22,24,30H,7,11-15H2,1-2H3,(H,27,33)(H,28,31)(H,29,34)/t18-,19+,20-,22+,24+/m0/s1. The van der Waals surface area contributed by atoms with Gasteiger partial charge in [-0.2, -0.15) is 4.89 Å². The number of aliphatic hydroxyl groups excluding tert-OH is 1. The van der Waals surface area contributed by atoms with Crippen LogP contribution in [-0.4, -0.2) is 64.7 Å². The predicted octanol–water partition coefficient (Wildman–Crippen LogP) is 1.88. The van der Waals surface area contributed by atoms with Gasteiger partial charge in [0, 0.05) is 17.9 Å². The fraction of sp³-hybridized carbons (Fsp3) is 0.538. The van der Waals surface area contributed by atoms with E-state index in [-0.39, 0.29) is 24.5 Å². The van der Waals surface area contributed by atoms with Crippen LogP contribution in [0.25, 0.3) is 0 Å². The van der Waals surface area contributed by atoms with Gasteiger partial charge in [0.1, 0.15) is 6.04 Å². The number of aliphatic hydroxyl groups is 1. The first kappa shape index (κ1) is 30.0. The Bertz CT molecular complexity index is 992. The summed E-state index contributed by atoms with van der Waals surface area (Å²) in [4.78, 5) is 62.3. The number of nitrogens with one attached hydrogen (secondary N) is 3. The summed E-state index contributed by atoms with van der Waals surface area (Å²) in [5, 5.41) is 19.0. The molecule has 1 aromatic rings. The Morgan fingerprint density at radius 3 is 2.50 bits per heavy atom. The zero-order chi connectivity index (χ0) is 27.5. The summed E-state index contributed by atoms with van der Waals surface area (Å²) in [6, 6.07) is 7.61. The first-order valence-electron chi connectivity index (χ1n) is 12.6. The van der Waals surface area contributed by atoms with Gasteiger partial charge in [-0.1, -0.05) is 71.8 Å². The smallest absolute Gasteiger partial charge is 0.345 e. The van der Waals surface area contributed by atoms with Gasteiger partial charge in [-0.3, -0.25) is 19.3 Å². The molecule has 0 aromatic heterocycles. The van der Waals surface area contributed by atoms with E-state index in [1.165, 1.54) is 10.8 Å². The number of rotatable bonds is 3. The third kappa shape index (κ3) is 9.64. The first-order chi connectivity index (χ1) is 18.2. The summed E-state index contributed by atoms with van der Waals surface area (Å²) in [5.41, 5.74) is 0.864. The van der Waals surface area contributed by atoms with E-state index in [9.17, 15) is 24.3 Å². The number of carbonyl (C=O) groups excluding carboxylic acids is 4. The summed E-state index contributed by atoms with van der Waals surface area (Å²) in [6.07, 6.45) is 1.33. The quantitative estimate of drug-likeness (QED) is 0.245. The van der Waals surface area contributed by atoms with Crippen molar-refractivity contribution < 1.29 is 34.1 Å². The SMILES string of the molecule is CC(C)[C@H]1NC(=O)[C@H]2CSSCCC=C[C@H](NC(=O)C[C@H](Cc3ccccc3)C(=O)N2)OOC(=O)C[C@@H]1O. The van der Waals surface area contributed by atoms with E-state index in [4.69, 9.17) is 9.78 Å². The second-order valence-corrected chi connectivity index (χ2v) is 12.2. The maximum atomic E-state index is 13.5. The molecule has 0 radical (unpaired) electrons. The molecule has 0 spiro atoms. The minimum Gasteiger partial charge on any atom is -0.390 e. The normalized spacial score (nSPS) is 28.6. The van der Waals surface area contributed by atoms with Crippen LogP contribution in [0.4, 0.5) is 0 Å². The molecule has 4 N–H and O–H groups in total. The second kappa shape index (κ2) is 15.2. The minimum absolute atomic E-state index is 0.175. The third-order valence-electron chi connectivity index (χ3n) is 6.12. The monoisotopic (exact) mass is 565 g/mol. The Balaban J connectivity index is 1.97. The molecule has 5 atom stereocenters. The van der Waals surface area contributed by atoms with E-state index in [0.717, 1.165) is 5.56 Å². The molecule has 1 aromatic carbocycles. The molecule has 38 heavy (non-hydrogen) atoms. The summed E-state index contributed by atoms with van der Waals surface area (Å²) < 4.78 is 0. The summed E-state index contributed by atoms with van der Waals surface area (Å²) in [5.74, 6) is -2.26. The Morgan fingerprint density at radius 2 is 1.76 bits per heavy atom. The highest BCUT2D eigenvalue weighted by Crippen LogP contribution is 2.24. The maximum Gasteiger partial charge on any atom is 0.345 e. The number of hydrogen-bond donors (Lipinski definition) is 4. The van der Waals surface area contributed by atoms with Gasteiger partial charge < -0.3 is 21.1 Å². The molecule has 0 saturated carbocycles. The Kier molecular flexibility index (Phi) is 12.0. The zero-order valence-corrected chi connectivity index (χ0v) is 23.1. The van der Waals surface area contributed by atoms with Gasteiger partial charge in [-0.05, 0) is 30.4 Å². The molecular formula is C26H35N3O7S2. The summed E-state index contributed by atoms with van der Waals surface area (Å²) in [7, 11) is 2.99. The van der Waals surface area contributed by atoms with Gasteiger partial charge in [0.2, 0.25) is 17.7 Å². The number of allylic oxidation sites excluding steroid dienone is 1. The third-order valence-corrected chi connectivity index (χ3v) is 8.57. The van der Waals surface area contributed by atoms with Gasteiger partial charge >= 0.3 is 5.97 Å². The lowest BCUT2D eigenvalue weighted by Crippen LogP contribution is -2.56. The highest BCUT2D eigenvalue weighted by molar-refractivity contribution is 8.76. The summed E-state index contributed by atoms with van der Waals surface area (Å²) >= 11 is 0. The lowest BCUT2D eigenvalue weighted by atomic mass is 9.94. The van der Waals surface area contributed by atoms with Crippen molar-refractivity contribution in [3.8, 4) is 0 Å². The predicted molar refractivity (Wildman–Crippen MR) is 145 cm³/mol. The van der Waals surface area contributed by atoms with Crippen molar-refractivity contribution in [3.63, 3.8) is 0 Å². The minimum atomic E-state index is -1.26. The summed E-state index contributed by atoms with van der Waals surface area (Å²) in [6.45, 7) is 3.61. The molecule has 2 aliphatic rings. The number of carbonyl (C=O) groups is 4. The molecule has 2 bridgehead atoms. The second-order valence-electron chi connectivity index (χ2n) is 9.56. The lowest BCUT2D eigenvalue weighted by molar-refractivity contribution is -0.294. The van der Waals surface area contributed by atoms with E-state index in [2.05, 4.69) is 16.0 Å². The van der Waals surface area contributed by atoms with E-state index in [1.807, 2.05) is 30.3 Å². The van der Waals surface area contributed by atoms with E-state index >= 15 is 0 Å². The number of fused-ring (bicyclic) bond motifs is 7. The van der Waals surface area contributed by atoms with Crippen LogP contribution in [0.3, 0.4) is 0 Å². The van der Waals surface area contributed by atoms with Crippen LogP contribution in [0.2, 0.25) is 0 Å². The van der Waals surface area contributed by atoms with Crippen molar-refractivity contribution in [2.24, 2.45) is 11.8 Å². The van der Waals surface area contributed by atoms with Gasteiger partial charge in [0.25, 0.3) is 0 Å². The molecule has 0 aliphatic carbocycles. The Morgan fingerprint density at radius 1 is 1.00 bits per heavy atom. The van der Waals surface area contributed by atoms with Crippen LogP contribution in [0.1, 0.15) is 38.7 Å². The van der Waals surface area contributed by atoms with E-state index < -0.39 is 60.4 Å². The van der Waals surface area contributed by atoms with Crippen molar-refractivity contribution in [1.82, 2.24) is 16.0 Å². The topological polar surface area (TPSA) is 143 Å². The Labute approximate surface area is 230 Å². The lowest BCUT2D eigenvalue weighted by Gasteiger charge is -2.30. The maximum absolute atomic E-state index is 13.5. The number of hydrogen-bond acceptors (Lipinski definition) is 9. The fourth-order valence-corrected chi connectivity index (χ4v) is 6.25. The average molecular weight is 566 g/mol. The molecular weight excluding hydrogens is 530 g/mol. The van der Waals surface area contributed by atoms with E-state index in [1.54, 1.807) is 36.8 Å². The van der Waals surface area contributed by atoms with Gasteiger partial charge in [-0.15, -0.1) is 0 Å². The Hall–Kier alpha value is -2.54. The first-order valence-corrected chi connectivity index (χ1v) is 15.1. The van der Waals surface area contributed by atoms with E-state index in [0.29, 0.717) is 12.2 Å². The van der Waals surface area contributed by atoms with Crippen LogP contribution >= 0.6 is 21.6 Å². The van der Waals surface area contributed by atoms with Crippen LogP contribution in [0.5, 0.6) is 0 Å². The number of benzene rings is 1. The molecule has 1 saturated heterocycles. The van der Waals surface area contributed by atoms with Crippen LogP contribution in [0, 0.1) is 11.8 Å². The average Bonchev–Trinajstić information content (AvgIpc) is 2.87. The number of amides is 3. The fourth-order valence-electron chi connectivity index (χ4n) is 4.09. The molecule has 0 unspecified atom stereocenters. The highest BCUT2D eigenvalue weighted by Gasteiger charge is 2.33. The molecule has 2 aliphatic heterocycles. The van der Waals surface area contributed by atoms with Crippen molar-refractivity contribution in [1.29, 1.82) is 0 Å². The van der Waals surface area contributed by atoms with Gasteiger partial charge in [0.05, 0.1) is 24.5 Å². The molecule has 1 fully saturated rings. The molecule has 208 valence electrons. The van der Waals surface area contributed by atoms with Gasteiger partial charge in [0.15, 0.2) is 6.23 Å². The molecule has 3 rings (SSSR count). The largest absolute Gasteiger partial charge is 0.390 e. The van der Waals surface area contributed by atoms with Crippen LogP contribution < -0.4 is 16.0 Å². The highest BCUT2D eigenvalue weighted by atomic mass is 33.1. The molecule has 2 heterocycles. The van der Waals surface area contributed by atoms with Crippen molar-refractivity contribution in [2.45, 2.75) is 63.9 Å². The van der Waals surface area contributed by atoms with Gasteiger partial charge in [-0.25, -0.2) is 4.79 Å².